The van der Waals surface area contributed by atoms with Gasteiger partial charge in [-0.3, -0.25) is 0 Å². The van der Waals surface area contributed by atoms with Gasteiger partial charge in [-0.25, -0.2) is 0 Å². The van der Waals surface area contributed by atoms with Gasteiger partial charge in [-0.05, 0) is 30.7 Å². The molecule has 1 aliphatic rings. The second-order valence-electron chi connectivity index (χ2n) is 10.5. The fourth-order valence-electron chi connectivity index (χ4n) is 6.07. The van der Waals surface area contributed by atoms with E-state index in [9.17, 15) is 0 Å². The van der Waals surface area contributed by atoms with Crippen molar-refractivity contribution in [2.75, 3.05) is 6.54 Å². The van der Waals surface area contributed by atoms with Crippen LogP contribution in [0, 0.1) is 0 Å². The highest BCUT2D eigenvalue weighted by molar-refractivity contribution is 6.43. The Kier molecular flexibility index (Phi) is 8.21. The van der Waals surface area contributed by atoms with Crippen LogP contribution in [-0.4, -0.2) is 21.4 Å². The Morgan fingerprint density at radius 1 is 0.732 bits per heavy atom. The van der Waals surface area contributed by atoms with Crippen LogP contribution < -0.4 is 5.35 Å². The first-order valence-corrected chi connectivity index (χ1v) is 15.8. The Morgan fingerprint density at radius 3 is 2.17 bits per heavy atom. The molecule has 0 radical (unpaired) electrons. The van der Waals surface area contributed by atoms with Gasteiger partial charge in [-0.2, -0.15) is 4.58 Å². The number of nitrogens with zero attached hydrogens (tertiary/aromatic N) is 2. The molecule has 2 nitrogen and oxygen atoms in total. The zero-order valence-electron chi connectivity index (χ0n) is 23.2. The van der Waals surface area contributed by atoms with Crippen molar-refractivity contribution in [3.63, 3.8) is 0 Å². The van der Waals surface area contributed by atoms with Crippen LogP contribution >= 0.6 is 46.4 Å². The van der Waals surface area contributed by atoms with Crippen molar-refractivity contribution in [2.24, 2.45) is 0 Å². The molecule has 0 unspecified atom stereocenters. The Bertz CT molecular complexity index is 1960. The van der Waals surface area contributed by atoms with Gasteiger partial charge in [0.25, 0.3) is 0 Å². The molecule has 1 aliphatic heterocycles. The number of rotatable bonds is 9. The first-order chi connectivity index (χ1) is 20.0. The van der Waals surface area contributed by atoms with E-state index in [0.29, 0.717) is 20.1 Å². The molecule has 208 valence electrons. The lowest BCUT2D eigenvalue weighted by molar-refractivity contribution is -0.436. The molecule has 0 bridgehead atoms. The van der Waals surface area contributed by atoms with Crippen LogP contribution in [0.1, 0.15) is 45.1 Å². The zero-order chi connectivity index (χ0) is 28.7. The van der Waals surface area contributed by atoms with Gasteiger partial charge in [0.05, 0.1) is 31.5 Å². The third-order valence-corrected chi connectivity index (χ3v) is 9.15. The molecule has 0 spiro atoms. The molecule has 0 amide bonds. The highest BCUT2D eigenvalue weighted by atomic mass is 35.5. The van der Waals surface area contributed by atoms with Crippen LogP contribution in [0.5, 0.6) is 0 Å². The van der Waals surface area contributed by atoms with Crippen molar-refractivity contribution >= 4 is 96.3 Å². The number of aryl methyl sites for hydroxylation is 1. The van der Waals surface area contributed by atoms with E-state index in [4.69, 9.17) is 46.4 Å². The molecule has 41 heavy (non-hydrogen) atoms. The van der Waals surface area contributed by atoms with Crippen molar-refractivity contribution in [2.45, 2.75) is 46.1 Å². The van der Waals surface area contributed by atoms with Gasteiger partial charge in [-0.15, -0.1) is 0 Å². The molecule has 1 aromatic heterocycles. The van der Waals surface area contributed by atoms with Gasteiger partial charge >= 0.3 is 0 Å². The van der Waals surface area contributed by atoms with Crippen LogP contribution in [0.4, 0.5) is 5.69 Å². The second-order valence-corrected chi connectivity index (χ2v) is 12.2. The molecule has 0 N–H and O–H groups in total. The number of unbranched alkanes of at least 4 members (excludes halogenated alkanes) is 2. The lowest BCUT2D eigenvalue weighted by Crippen LogP contribution is -2.16. The van der Waals surface area contributed by atoms with Gasteiger partial charge in [-0.1, -0.05) is 122 Å². The van der Waals surface area contributed by atoms with Crippen molar-refractivity contribution in [3.8, 4) is 0 Å². The third-order valence-electron chi connectivity index (χ3n) is 7.95. The zero-order valence-corrected chi connectivity index (χ0v) is 26.2. The first kappa shape index (κ1) is 28.4. The summed E-state index contributed by atoms with van der Waals surface area (Å²) in [4.78, 5) is 0. The lowest BCUT2D eigenvalue weighted by atomic mass is 10.0. The van der Waals surface area contributed by atoms with E-state index >= 15 is 0 Å². The molecule has 0 saturated heterocycles. The maximum Gasteiger partial charge on any atom is 0.233 e. The molecule has 0 saturated carbocycles. The monoisotopic (exact) mass is 619 g/mol. The Morgan fingerprint density at radius 2 is 1.41 bits per heavy atom. The van der Waals surface area contributed by atoms with Gasteiger partial charge in [0, 0.05) is 45.9 Å². The lowest BCUT2D eigenvalue weighted by Gasteiger charge is -2.08. The summed E-state index contributed by atoms with van der Waals surface area (Å²) in [7, 11) is 0. The number of benzene rings is 4. The number of hydrogen-bond donors (Lipinski definition) is 0. The average molecular weight is 621 g/mol. The summed E-state index contributed by atoms with van der Waals surface area (Å²) in [5.41, 5.74) is 4.42. The summed E-state index contributed by atoms with van der Waals surface area (Å²) in [6, 6.07) is 16.3. The molecule has 0 aliphatic carbocycles. The van der Waals surface area contributed by atoms with E-state index < -0.39 is 0 Å². The molecule has 2 heterocycles. The Labute approximate surface area is 260 Å². The molecule has 0 atom stereocenters. The molecule has 0 fully saturated rings. The van der Waals surface area contributed by atoms with Crippen molar-refractivity contribution in [3.05, 3.63) is 104 Å². The number of hydrogen-bond acceptors (Lipinski definition) is 0. The van der Waals surface area contributed by atoms with Crippen molar-refractivity contribution < 1.29 is 4.58 Å². The standard InChI is InChI=1S/C35H31Cl4N2/c1-3-5-18-40-30(24-14-10-12-22-26(36)20-28(38)34(40)32(22)24)16-8-7-9-17-31-25-15-11-13-23-27(37)21-29(39)35(33(23)25)41(31)19-6-4-2/h7-17,20-21H,3-6,18-19H2,1-2H3/q+1. The SMILES string of the molecule is CCCCn1c(=CC=CC=CC2=[N+](CCCC)c3c(Cl)cc(Cl)c4cccc2c34)c2cccc3c(Cl)cc(Cl)c1c32. The maximum atomic E-state index is 6.77. The molecule has 6 heteroatoms. The smallest absolute Gasteiger partial charge is 0.233 e. The Hall–Kier alpha value is -2.75. The first-order valence-electron chi connectivity index (χ1n) is 14.3. The largest absolute Gasteiger partial charge is 0.339 e. The predicted octanol–water partition coefficient (Wildman–Crippen LogP) is 10.9. The summed E-state index contributed by atoms with van der Waals surface area (Å²) in [5.74, 6) is 0. The van der Waals surface area contributed by atoms with Crippen molar-refractivity contribution in [1.29, 1.82) is 0 Å². The Balaban J connectivity index is 1.43. The molecular weight excluding hydrogens is 590 g/mol. The quantitative estimate of drug-likeness (QED) is 0.114. The molecule has 5 aromatic rings. The van der Waals surface area contributed by atoms with E-state index in [1.165, 1.54) is 0 Å². The average Bonchev–Trinajstić information content (AvgIpc) is 3.45. The van der Waals surface area contributed by atoms with E-state index in [1.807, 2.05) is 12.1 Å². The van der Waals surface area contributed by atoms with Gasteiger partial charge in [0.2, 0.25) is 11.4 Å². The topological polar surface area (TPSA) is 7.94 Å². The van der Waals surface area contributed by atoms with E-state index in [1.54, 1.807) is 0 Å². The normalized spacial score (nSPS) is 14.0. The fraction of sp³-hybridized carbons (Fsp3) is 0.229. The minimum Gasteiger partial charge on any atom is -0.339 e. The highest BCUT2D eigenvalue weighted by Crippen LogP contribution is 2.44. The molecular formula is C35H31Cl4N2+. The minimum atomic E-state index is 0.685. The van der Waals surface area contributed by atoms with E-state index in [2.05, 4.69) is 89.8 Å². The van der Waals surface area contributed by atoms with Gasteiger partial charge < -0.3 is 4.57 Å². The fourth-order valence-corrected chi connectivity index (χ4v) is 7.32. The second kappa shape index (κ2) is 11.9. The number of aromatic nitrogens is 1. The summed E-state index contributed by atoms with van der Waals surface area (Å²) in [5, 5.41) is 9.39. The maximum absolute atomic E-state index is 6.77. The van der Waals surface area contributed by atoms with Gasteiger partial charge in [0.15, 0.2) is 0 Å². The van der Waals surface area contributed by atoms with E-state index in [-0.39, 0.29) is 0 Å². The summed E-state index contributed by atoms with van der Waals surface area (Å²) >= 11 is 26.7. The van der Waals surface area contributed by atoms with Crippen LogP contribution in [0.15, 0.2) is 72.8 Å². The van der Waals surface area contributed by atoms with Crippen LogP contribution in [-0.2, 0) is 6.54 Å². The molecule has 6 rings (SSSR count). The predicted molar refractivity (Wildman–Crippen MR) is 180 cm³/mol. The summed E-state index contributed by atoms with van der Waals surface area (Å²) in [6.45, 7) is 6.21. The highest BCUT2D eigenvalue weighted by Gasteiger charge is 2.33. The third kappa shape index (κ3) is 4.89. The number of halogens is 4. The van der Waals surface area contributed by atoms with Gasteiger partial charge in [0.1, 0.15) is 11.6 Å². The minimum absolute atomic E-state index is 0.685. The van der Waals surface area contributed by atoms with Crippen LogP contribution in [0.3, 0.4) is 0 Å². The van der Waals surface area contributed by atoms with Crippen LogP contribution in [0.25, 0.3) is 38.5 Å². The summed E-state index contributed by atoms with van der Waals surface area (Å²) < 4.78 is 4.68. The van der Waals surface area contributed by atoms with Crippen LogP contribution in [0.2, 0.25) is 20.1 Å². The summed E-state index contributed by atoms with van der Waals surface area (Å²) in [6.07, 6.45) is 15.0. The molecule has 4 aromatic carbocycles. The number of allylic oxidation sites excluding steroid dienone is 4. The van der Waals surface area contributed by atoms with Crippen molar-refractivity contribution in [1.82, 2.24) is 4.57 Å². The van der Waals surface area contributed by atoms with E-state index in [0.717, 1.165) is 93.5 Å².